The summed E-state index contributed by atoms with van der Waals surface area (Å²) >= 11 is 0. The van der Waals surface area contributed by atoms with Crippen LogP contribution in [0.15, 0.2) is 29.2 Å². The van der Waals surface area contributed by atoms with Crippen LogP contribution in [0.1, 0.15) is 24.8 Å². The van der Waals surface area contributed by atoms with Crippen molar-refractivity contribution in [2.75, 3.05) is 13.1 Å². The van der Waals surface area contributed by atoms with Crippen LogP contribution < -0.4 is 0 Å². The van der Waals surface area contributed by atoms with Gasteiger partial charge in [-0.05, 0) is 44.9 Å². The van der Waals surface area contributed by atoms with Crippen LogP contribution in [0.4, 0.5) is 0 Å². The number of fused-ring (bicyclic) bond motifs is 1. The second kappa shape index (κ2) is 5.35. The first-order valence-corrected chi connectivity index (χ1v) is 8.26. The van der Waals surface area contributed by atoms with Crippen molar-refractivity contribution in [1.29, 1.82) is 0 Å². The van der Waals surface area contributed by atoms with E-state index in [-0.39, 0.29) is 11.4 Å². The van der Waals surface area contributed by atoms with E-state index in [0.717, 1.165) is 30.8 Å². The molecule has 0 saturated carbocycles. The highest BCUT2D eigenvalue weighted by atomic mass is 32.2. The lowest BCUT2D eigenvalue weighted by molar-refractivity contribution is 0.0368. The maximum Gasteiger partial charge on any atom is 0.0707 e. The third-order valence-corrected chi connectivity index (χ3v) is 6.04. The largest absolute Gasteiger partial charge is 0.391 e. The molecule has 1 N–H and O–H groups in total. The van der Waals surface area contributed by atoms with E-state index in [4.69, 9.17) is 0 Å². The molecule has 0 radical (unpaired) electrons. The van der Waals surface area contributed by atoms with Crippen molar-refractivity contribution in [2.45, 2.75) is 48.5 Å². The molecule has 1 aromatic carbocycles. The molecular formula is C15H21NO2S. The summed E-state index contributed by atoms with van der Waals surface area (Å²) in [6.45, 7) is 3.94. The van der Waals surface area contributed by atoms with Gasteiger partial charge in [0.1, 0.15) is 0 Å². The van der Waals surface area contributed by atoms with Gasteiger partial charge < -0.3 is 5.11 Å². The number of benzene rings is 1. The molecule has 0 amide bonds. The Labute approximate surface area is 117 Å². The summed E-state index contributed by atoms with van der Waals surface area (Å²) in [5.41, 5.74) is 1.18. The van der Waals surface area contributed by atoms with Gasteiger partial charge in [0.15, 0.2) is 0 Å². The van der Waals surface area contributed by atoms with Crippen molar-refractivity contribution in [1.82, 2.24) is 4.90 Å². The maximum absolute atomic E-state index is 12.6. The van der Waals surface area contributed by atoms with Crippen LogP contribution in [0.5, 0.6) is 0 Å². The van der Waals surface area contributed by atoms with Crippen LogP contribution in [0.2, 0.25) is 0 Å². The molecule has 2 saturated heterocycles. The van der Waals surface area contributed by atoms with E-state index < -0.39 is 10.8 Å². The smallest absolute Gasteiger partial charge is 0.0707 e. The molecule has 2 fully saturated rings. The molecule has 19 heavy (non-hydrogen) atoms. The lowest BCUT2D eigenvalue weighted by atomic mass is 9.99. The van der Waals surface area contributed by atoms with Gasteiger partial charge in [-0.15, -0.1) is 0 Å². The summed E-state index contributed by atoms with van der Waals surface area (Å²) in [6, 6.07) is 8.23. The number of hydrogen-bond donors (Lipinski definition) is 1. The van der Waals surface area contributed by atoms with E-state index in [2.05, 4.69) is 4.90 Å². The molecule has 0 spiro atoms. The average Bonchev–Trinajstić information content (AvgIpc) is 2.87. The van der Waals surface area contributed by atoms with Gasteiger partial charge in [-0.1, -0.05) is 17.7 Å². The van der Waals surface area contributed by atoms with Crippen LogP contribution in [-0.2, 0) is 10.8 Å². The maximum atomic E-state index is 12.6. The van der Waals surface area contributed by atoms with Gasteiger partial charge in [-0.25, -0.2) is 0 Å². The molecule has 0 unspecified atom stereocenters. The van der Waals surface area contributed by atoms with Gasteiger partial charge in [0, 0.05) is 17.5 Å². The Balaban J connectivity index is 1.75. The normalized spacial score (nSPS) is 33.1. The van der Waals surface area contributed by atoms with E-state index in [1.807, 2.05) is 31.2 Å². The van der Waals surface area contributed by atoms with E-state index >= 15 is 0 Å². The van der Waals surface area contributed by atoms with Crippen molar-refractivity contribution in [3.63, 3.8) is 0 Å². The SMILES string of the molecule is Cc1ccc([S@](=O)[C@@H]2C[C@@H](O)[C@@H]3CCCN3C2)cc1. The zero-order chi connectivity index (χ0) is 13.4. The zero-order valence-electron chi connectivity index (χ0n) is 11.3. The Kier molecular flexibility index (Phi) is 3.74. The van der Waals surface area contributed by atoms with Gasteiger partial charge in [-0.2, -0.15) is 0 Å². The Morgan fingerprint density at radius 3 is 2.79 bits per heavy atom. The molecule has 0 bridgehead atoms. The van der Waals surface area contributed by atoms with Crippen LogP contribution in [0.25, 0.3) is 0 Å². The molecule has 3 rings (SSSR count). The predicted octanol–water partition coefficient (Wildman–Crippen LogP) is 1.70. The van der Waals surface area contributed by atoms with E-state index in [1.54, 1.807) is 0 Å². The molecule has 2 aliphatic heterocycles. The highest BCUT2D eigenvalue weighted by Crippen LogP contribution is 2.30. The summed E-state index contributed by atoms with van der Waals surface area (Å²) in [4.78, 5) is 3.21. The van der Waals surface area contributed by atoms with Crippen LogP contribution >= 0.6 is 0 Å². The standard InChI is InChI=1S/C15H21NO2S/c1-11-4-6-12(7-5-11)19(18)13-9-15(17)14-3-2-8-16(14)10-13/h4-7,13-15,17H,2-3,8-10H2,1H3/t13-,14+,15-,19+/m1/s1. The Bertz CT molecular complexity index is 474. The minimum absolute atomic E-state index is 0.0621. The molecule has 104 valence electrons. The first kappa shape index (κ1) is 13.3. The summed E-state index contributed by atoms with van der Waals surface area (Å²) in [5, 5.41) is 10.3. The van der Waals surface area contributed by atoms with Crippen molar-refractivity contribution in [2.24, 2.45) is 0 Å². The number of rotatable bonds is 2. The lowest BCUT2D eigenvalue weighted by Gasteiger charge is -2.38. The topological polar surface area (TPSA) is 40.5 Å². The summed E-state index contributed by atoms with van der Waals surface area (Å²) in [6.07, 6.45) is 2.61. The molecule has 4 atom stereocenters. The van der Waals surface area contributed by atoms with E-state index in [9.17, 15) is 9.32 Å². The summed E-state index contributed by atoms with van der Waals surface area (Å²) in [7, 11) is -1.01. The van der Waals surface area contributed by atoms with Gasteiger partial charge in [-0.3, -0.25) is 9.11 Å². The molecule has 0 aliphatic carbocycles. The number of nitrogens with zero attached hydrogens (tertiary/aromatic N) is 1. The van der Waals surface area contributed by atoms with Crippen LogP contribution in [0.3, 0.4) is 0 Å². The number of piperidine rings is 1. The zero-order valence-corrected chi connectivity index (χ0v) is 12.1. The number of hydrogen-bond acceptors (Lipinski definition) is 3. The monoisotopic (exact) mass is 279 g/mol. The molecule has 1 aromatic rings. The number of aliphatic hydroxyl groups is 1. The quantitative estimate of drug-likeness (QED) is 0.896. The molecule has 2 heterocycles. The Morgan fingerprint density at radius 2 is 2.05 bits per heavy atom. The molecule has 3 nitrogen and oxygen atoms in total. The molecular weight excluding hydrogens is 258 g/mol. The van der Waals surface area contributed by atoms with Gasteiger partial charge >= 0.3 is 0 Å². The van der Waals surface area contributed by atoms with Gasteiger partial charge in [0.05, 0.1) is 22.2 Å². The Hall–Kier alpha value is -0.710. The molecule has 2 aliphatic rings. The molecule has 4 heteroatoms. The van der Waals surface area contributed by atoms with Gasteiger partial charge in [0.2, 0.25) is 0 Å². The first-order valence-electron chi connectivity index (χ1n) is 7.04. The highest BCUT2D eigenvalue weighted by Gasteiger charge is 2.39. The van der Waals surface area contributed by atoms with E-state index in [1.165, 1.54) is 5.56 Å². The molecule has 0 aromatic heterocycles. The second-order valence-corrected chi connectivity index (χ2v) is 7.47. The fraction of sp³-hybridized carbons (Fsp3) is 0.600. The third kappa shape index (κ3) is 2.62. The summed E-state index contributed by atoms with van der Waals surface area (Å²) < 4.78 is 12.6. The fourth-order valence-corrected chi connectivity index (χ4v) is 4.78. The fourth-order valence-electron chi connectivity index (χ4n) is 3.30. The minimum atomic E-state index is -1.01. The lowest BCUT2D eigenvalue weighted by Crippen LogP contribution is -2.51. The number of aliphatic hydroxyl groups excluding tert-OH is 1. The minimum Gasteiger partial charge on any atom is -0.391 e. The van der Waals surface area contributed by atoms with Crippen molar-refractivity contribution < 1.29 is 9.32 Å². The Morgan fingerprint density at radius 1 is 1.32 bits per heavy atom. The second-order valence-electron chi connectivity index (χ2n) is 5.74. The predicted molar refractivity (Wildman–Crippen MR) is 76.6 cm³/mol. The number of aryl methyl sites for hydroxylation is 1. The van der Waals surface area contributed by atoms with Crippen LogP contribution in [-0.4, -0.2) is 44.7 Å². The van der Waals surface area contributed by atoms with E-state index in [0.29, 0.717) is 12.5 Å². The van der Waals surface area contributed by atoms with Crippen molar-refractivity contribution in [3.05, 3.63) is 29.8 Å². The average molecular weight is 279 g/mol. The summed E-state index contributed by atoms with van der Waals surface area (Å²) in [5.74, 6) is 0. The van der Waals surface area contributed by atoms with Gasteiger partial charge in [0.25, 0.3) is 0 Å². The van der Waals surface area contributed by atoms with Crippen molar-refractivity contribution >= 4 is 10.8 Å². The van der Waals surface area contributed by atoms with Crippen LogP contribution in [0, 0.1) is 6.92 Å². The first-order chi connectivity index (χ1) is 9.15. The third-order valence-electron chi connectivity index (χ3n) is 4.36. The highest BCUT2D eigenvalue weighted by molar-refractivity contribution is 7.85. The van der Waals surface area contributed by atoms with Crippen molar-refractivity contribution in [3.8, 4) is 0 Å².